The van der Waals surface area contributed by atoms with E-state index in [1.165, 1.54) is 12.1 Å². The summed E-state index contributed by atoms with van der Waals surface area (Å²) in [5.74, 6) is 0.654. The summed E-state index contributed by atoms with van der Waals surface area (Å²) < 4.78 is 31.9. The van der Waals surface area contributed by atoms with E-state index in [0.29, 0.717) is 18.8 Å². The fraction of sp³-hybridized carbons (Fsp3) is 0.500. The van der Waals surface area contributed by atoms with Crippen LogP contribution in [-0.4, -0.2) is 55.7 Å². The SMILES string of the molecule is O=S(=O)(NC(CO)(CO)CO)c1ccc2c(c1)CCO2. The number of nitrogens with one attached hydrogen (secondary N) is 1. The van der Waals surface area contributed by atoms with Crippen LogP contribution in [-0.2, 0) is 16.4 Å². The Bertz CT molecular complexity index is 573. The summed E-state index contributed by atoms with van der Waals surface area (Å²) in [6, 6.07) is 4.43. The van der Waals surface area contributed by atoms with Crippen molar-refractivity contribution in [1.29, 1.82) is 0 Å². The topological polar surface area (TPSA) is 116 Å². The van der Waals surface area contributed by atoms with Crippen molar-refractivity contribution in [2.45, 2.75) is 16.9 Å². The van der Waals surface area contributed by atoms with Crippen LogP contribution in [0.15, 0.2) is 23.1 Å². The van der Waals surface area contributed by atoms with Crippen LogP contribution in [0.2, 0.25) is 0 Å². The number of benzene rings is 1. The zero-order valence-electron chi connectivity index (χ0n) is 10.7. The van der Waals surface area contributed by atoms with E-state index in [1.807, 2.05) is 0 Å². The van der Waals surface area contributed by atoms with Gasteiger partial charge in [-0.3, -0.25) is 0 Å². The van der Waals surface area contributed by atoms with Crippen molar-refractivity contribution < 1.29 is 28.5 Å². The Labute approximate surface area is 116 Å². The number of sulfonamides is 1. The number of fused-ring (bicyclic) bond motifs is 1. The van der Waals surface area contributed by atoms with Gasteiger partial charge >= 0.3 is 0 Å². The molecule has 7 nitrogen and oxygen atoms in total. The van der Waals surface area contributed by atoms with Crippen molar-refractivity contribution in [3.63, 3.8) is 0 Å². The Hall–Kier alpha value is -1.19. The van der Waals surface area contributed by atoms with Crippen molar-refractivity contribution >= 4 is 10.0 Å². The molecular formula is C12H17NO6S. The van der Waals surface area contributed by atoms with Crippen LogP contribution in [0.3, 0.4) is 0 Å². The van der Waals surface area contributed by atoms with Gasteiger partial charge in [0, 0.05) is 6.42 Å². The van der Waals surface area contributed by atoms with Gasteiger partial charge in [0.15, 0.2) is 0 Å². The highest BCUT2D eigenvalue weighted by atomic mass is 32.2. The first-order chi connectivity index (χ1) is 9.46. The second-order valence-electron chi connectivity index (χ2n) is 4.73. The molecule has 1 heterocycles. The van der Waals surface area contributed by atoms with Crippen LogP contribution in [0.1, 0.15) is 5.56 Å². The molecule has 0 spiro atoms. The minimum absolute atomic E-state index is 0.00137. The summed E-state index contributed by atoms with van der Waals surface area (Å²) in [5, 5.41) is 27.5. The van der Waals surface area contributed by atoms with Gasteiger partial charge in [-0.05, 0) is 23.8 Å². The molecule has 0 saturated heterocycles. The summed E-state index contributed by atoms with van der Waals surface area (Å²) in [6.07, 6.45) is 0.629. The lowest BCUT2D eigenvalue weighted by atomic mass is 10.1. The lowest BCUT2D eigenvalue weighted by molar-refractivity contribution is 0.0582. The van der Waals surface area contributed by atoms with Gasteiger partial charge in [-0.2, -0.15) is 4.72 Å². The third kappa shape index (κ3) is 2.79. The number of hydrogen-bond donors (Lipinski definition) is 4. The normalized spacial score (nSPS) is 14.9. The summed E-state index contributed by atoms with van der Waals surface area (Å²) in [7, 11) is -3.96. The molecule has 1 aliphatic rings. The largest absolute Gasteiger partial charge is 0.493 e. The van der Waals surface area contributed by atoms with Crippen LogP contribution in [0, 0.1) is 0 Å². The molecule has 0 radical (unpaired) electrons. The van der Waals surface area contributed by atoms with Crippen molar-refractivity contribution in [3.05, 3.63) is 23.8 Å². The molecular weight excluding hydrogens is 286 g/mol. The van der Waals surface area contributed by atoms with E-state index in [9.17, 15) is 23.7 Å². The van der Waals surface area contributed by atoms with Crippen LogP contribution in [0.5, 0.6) is 5.75 Å². The molecule has 0 unspecified atom stereocenters. The predicted molar refractivity (Wildman–Crippen MR) is 70.0 cm³/mol. The molecule has 20 heavy (non-hydrogen) atoms. The van der Waals surface area contributed by atoms with E-state index < -0.39 is 35.4 Å². The Kier molecular flexibility index (Phi) is 4.31. The summed E-state index contributed by atoms with van der Waals surface area (Å²) >= 11 is 0. The van der Waals surface area contributed by atoms with Crippen LogP contribution in [0.4, 0.5) is 0 Å². The second-order valence-corrected chi connectivity index (χ2v) is 6.41. The number of aliphatic hydroxyl groups is 3. The third-order valence-corrected chi connectivity index (χ3v) is 4.81. The quantitative estimate of drug-likeness (QED) is 0.514. The lowest BCUT2D eigenvalue weighted by Crippen LogP contribution is -2.56. The smallest absolute Gasteiger partial charge is 0.241 e. The second kappa shape index (κ2) is 5.66. The Morgan fingerprint density at radius 2 is 1.85 bits per heavy atom. The maximum Gasteiger partial charge on any atom is 0.241 e. The molecule has 0 aromatic heterocycles. The van der Waals surface area contributed by atoms with Crippen molar-refractivity contribution in [2.75, 3.05) is 26.4 Å². The first kappa shape index (κ1) is 15.2. The molecule has 0 saturated carbocycles. The molecule has 0 bridgehead atoms. The van der Waals surface area contributed by atoms with E-state index in [1.54, 1.807) is 6.07 Å². The van der Waals surface area contributed by atoms with Gasteiger partial charge in [0.25, 0.3) is 0 Å². The van der Waals surface area contributed by atoms with Crippen LogP contribution < -0.4 is 9.46 Å². The Balaban J connectivity index is 2.31. The maximum atomic E-state index is 12.2. The molecule has 0 atom stereocenters. The molecule has 1 aromatic carbocycles. The molecule has 8 heteroatoms. The van der Waals surface area contributed by atoms with Gasteiger partial charge < -0.3 is 20.1 Å². The predicted octanol–water partition coefficient (Wildman–Crippen LogP) is -1.38. The molecule has 0 aliphatic carbocycles. The van der Waals surface area contributed by atoms with Gasteiger partial charge in [-0.15, -0.1) is 0 Å². The molecule has 112 valence electrons. The number of hydrogen-bond acceptors (Lipinski definition) is 6. The first-order valence-electron chi connectivity index (χ1n) is 6.09. The standard InChI is InChI=1S/C12H17NO6S/c14-6-12(7-15,8-16)13-20(17,18)10-1-2-11-9(5-10)3-4-19-11/h1-2,5,13-16H,3-4,6-8H2. The van der Waals surface area contributed by atoms with E-state index in [0.717, 1.165) is 5.56 Å². The zero-order valence-corrected chi connectivity index (χ0v) is 11.6. The highest BCUT2D eigenvalue weighted by Gasteiger charge is 2.34. The molecule has 0 amide bonds. The molecule has 1 aromatic rings. The van der Waals surface area contributed by atoms with E-state index in [4.69, 9.17) is 4.74 Å². The minimum Gasteiger partial charge on any atom is -0.493 e. The summed E-state index contributed by atoms with van der Waals surface area (Å²) in [6.45, 7) is -1.63. The minimum atomic E-state index is -3.96. The average molecular weight is 303 g/mol. The summed E-state index contributed by atoms with van der Waals surface area (Å²) in [5.41, 5.74) is -0.899. The van der Waals surface area contributed by atoms with Gasteiger partial charge in [0.1, 0.15) is 11.3 Å². The Morgan fingerprint density at radius 3 is 2.45 bits per heavy atom. The van der Waals surface area contributed by atoms with Crippen molar-refractivity contribution in [2.24, 2.45) is 0 Å². The third-order valence-electron chi connectivity index (χ3n) is 3.23. The van der Waals surface area contributed by atoms with Gasteiger partial charge in [-0.1, -0.05) is 0 Å². The van der Waals surface area contributed by atoms with E-state index >= 15 is 0 Å². The van der Waals surface area contributed by atoms with Crippen LogP contribution in [0.25, 0.3) is 0 Å². The molecule has 0 fully saturated rings. The molecule has 4 N–H and O–H groups in total. The summed E-state index contributed by atoms with van der Waals surface area (Å²) in [4.78, 5) is 0.00137. The highest BCUT2D eigenvalue weighted by molar-refractivity contribution is 7.89. The first-order valence-corrected chi connectivity index (χ1v) is 7.57. The monoisotopic (exact) mass is 303 g/mol. The van der Waals surface area contributed by atoms with E-state index in [-0.39, 0.29) is 4.90 Å². The molecule has 1 aliphatic heterocycles. The average Bonchev–Trinajstić information content (AvgIpc) is 2.92. The van der Waals surface area contributed by atoms with E-state index in [2.05, 4.69) is 4.72 Å². The Morgan fingerprint density at radius 1 is 1.20 bits per heavy atom. The molecule has 2 rings (SSSR count). The number of ether oxygens (including phenoxy) is 1. The number of aliphatic hydroxyl groups excluding tert-OH is 3. The fourth-order valence-electron chi connectivity index (χ4n) is 1.92. The number of rotatable bonds is 6. The van der Waals surface area contributed by atoms with Gasteiger partial charge in [0.05, 0.1) is 31.3 Å². The zero-order chi connectivity index (χ0) is 14.8. The van der Waals surface area contributed by atoms with Gasteiger partial charge in [0.2, 0.25) is 10.0 Å². The maximum absolute atomic E-state index is 12.2. The highest BCUT2D eigenvalue weighted by Crippen LogP contribution is 2.27. The van der Waals surface area contributed by atoms with Crippen molar-refractivity contribution in [3.8, 4) is 5.75 Å². The van der Waals surface area contributed by atoms with Crippen molar-refractivity contribution in [1.82, 2.24) is 4.72 Å². The fourth-order valence-corrected chi connectivity index (χ4v) is 3.35. The van der Waals surface area contributed by atoms with Gasteiger partial charge in [-0.25, -0.2) is 8.42 Å². The van der Waals surface area contributed by atoms with Crippen LogP contribution >= 0.6 is 0 Å². The lowest BCUT2D eigenvalue weighted by Gasteiger charge is -2.28.